The number of ether oxygens (including phenoxy) is 1. The maximum Gasteiger partial charge on any atom is 0.328 e. The Morgan fingerprint density at radius 2 is 1.90 bits per heavy atom. The summed E-state index contributed by atoms with van der Waals surface area (Å²) in [5.74, 6) is -0.421. The molecule has 2 heterocycles. The van der Waals surface area contributed by atoms with Crippen LogP contribution >= 0.6 is 22.9 Å². The Kier molecular flexibility index (Phi) is 6.29. The van der Waals surface area contributed by atoms with Gasteiger partial charge in [-0.15, -0.1) is 11.3 Å². The van der Waals surface area contributed by atoms with Crippen molar-refractivity contribution < 1.29 is 9.53 Å². The smallest absolute Gasteiger partial charge is 0.328 e. The number of nitrogens with zero attached hydrogens (tertiary/aromatic N) is 2. The summed E-state index contributed by atoms with van der Waals surface area (Å²) < 4.78 is 6.36. The number of aromatic amines is 1. The number of hydrogen-bond donors (Lipinski definition) is 1. The van der Waals surface area contributed by atoms with Crippen molar-refractivity contribution in [3.8, 4) is 10.6 Å². The van der Waals surface area contributed by atoms with Crippen molar-refractivity contribution in [3.63, 3.8) is 0 Å². The monoisotopic (exact) mass is 455 g/mol. The van der Waals surface area contributed by atoms with Gasteiger partial charge < -0.3 is 9.72 Å². The standard InChI is InChI=1S/C22H18ClN3O4S/c23-17-8-3-1-6-15(17)20-24-14(13-31-20)12-19(27)30-11-5-10-26-21(28)16-7-2-4-9-18(16)25-22(26)29/h1-4,6-9,13H,5,10-12H2,(H,25,29). The number of benzene rings is 2. The highest BCUT2D eigenvalue weighted by Gasteiger charge is 2.12. The van der Waals surface area contributed by atoms with Gasteiger partial charge in [-0.1, -0.05) is 41.9 Å². The molecule has 7 nitrogen and oxygen atoms in total. The number of esters is 1. The quantitative estimate of drug-likeness (QED) is 0.339. The first-order valence-electron chi connectivity index (χ1n) is 9.60. The summed E-state index contributed by atoms with van der Waals surface area (Å²) >= 11 is 7.60. The summed E-state index contributed by atoms with van der Waals surface area (Å²) in [4.78, 5) is 43.9. The minimum absolute atomic E-state index is 0.0391. The first-order chi connectivity index (χ1) is 15.0. The molecule has 0 saturated carbocycles. The van der Waals surface area contributed by atoms with Crippen molar-refractivity contribution in [2.24, 2.45) is 0 Å². The molecule has 0 bridgehead atoms. The highest BCUT2D eigenvalue weighted by molar-refractivity contribution is 7.13. The summed E-state index contributed by atoms with van der Waals surface area (Å²) in [5, 5.41) is 3.58. The van der Waals surface area contributed by atoms with Crippen LogP contribution in [0.2, 0.25) is 5.02 Å². The van der Waals surface area contributed by atoms with Gasteiger partial charge in [0.15, 0.2) is 0 Å². The van der Waals surface area contributed by atoms with E-state index in [9.17, 15) is 14.4 Å². The average molecular weight is 456 g/mol. The molecule has 0 saturated heterocycles. The first-order valence-corrected chi connectivity index (χ1v) is 10.9. The van der Waals surface area contributed by atoms with Crippen LogP contribution in [-0.4, -0.2) is 27.1 Å². The number of thiazole rings is 1. The van der Waals surface area contributed by atoms with Crippen molar-refractivity contribution in [1.82, 2.24) is 14.5 Å². The Hall–Kier alpha value is -3.23. The molecular formula is C22H18ClN3O4S. The Morgan fingerprint density at radius 3 is 2.74 bits per heavy atom. The number of carbonyl (C=O) groups excluding carboxylic acids is 1. The van der Waals surface area contributed by atoms with Crippen LogP contribution in [0.25, 0.3) is 21.5 Å². The van der Waals surface area contributed by atoms with Crippen molar-refractivity contribution in [2.75, 3.05) is 6.61 Å². The van der Waals surface area contributed by atoms with E-state index in [-0.39, 0.29) is 25.1 Å². The van der Waals surface area contributed by atoms with Gasteiger partial charge in [0, 0.05) is 17.5 Å². The highest BCUT2D eigenvalue weighted by atomic mass is 35.5. The Labute approximate surface area is 185 Å². The van der Waals surface area contributed by atoms with E-state index in [4.69, 9.17) is 16.3 Å². The SMILES string of the molecule is O=C(Cc1csc(-c2ccccc2Cl)n1)OCCCn1c(=O)[nH]c2ccccc2c1=O. The number of aromatic nitrogens is 3. The van der Waals surface area contributed by atoms with Gasteiger partial charge in [-0.05, 0) is 24.6 Å². The predicted molar refractivity (Wildman–Crippen MR) is 121 cm³/mol. The maximum atomic E-state index is 12.5. The van der Waals surface area contributed by atoms with Gasteiger partial charge in [-0.3, -0.25) is 14.2 Å². The zero-order valence-corrected chi connectivity index (χ0v) is 17.9. The second kappa shape index (κ2) is 9.28. The lowest BCUT2D eigenvalue weighted by molar-refractivity contribution is -0.143. The van der Waals surface area contributed by atoms with Crippen LogP contribution in [0.3, 0.4) is 0 Å². The number of nitrogens with one attached hydrogen (secondary N) is 1. The fourth-order valence-corrected chi connectivity index (χ4v) is 4.30. The second-order valence-electron chi connectivity index (χ2n) is 6.81. The van der Waals surface area contributed by atoms with Crippen molar-refractivity contribution in [2.45, 2.75) is 19.4 Å². The zero-order valence-electron chi connectivity index (χ0n) is 16.3. The minimum atomic E-state index is -0.482. The Balaban J connectivity index is 1.32. The lowest BCUT2D eigenvalue weighted by atomic mass is 10.2. The van der Waals surface area contributed by atoms with Crippen LogP contribution in [0.15, 0.2) is 63.5 Å². The lowest BCUT2D eigenvalue weighted by Crippen LogP contribution is -2.35. The van der Waals surface area contributed by atoms with E-state index in [0.717, 1.165) is 15.1 Å². The van der Waals surface area contributed by atoms with Crippen LogP contribution in [0.4, 0.5) is 0 Å². The number of para-hydroxylation sites is 1. The van der Waals surface area contributed by atoms with E-state index in [1.807, 2.05) is 18.2 Å². The van der Waals surface area contributed by atoms with Crippen LogP contribution in [0, 0.1) is 0 Å². The van der Waals surface area contributed by atoms with Crippen LogP contribution in [0.5, 0.6) is 0 Å². The van der Waals surface area contributed by atoms with Gasteiger partial charge in [-0.25, -0.2) is 9.78 Å². The van der Waals surface area contributed by atoms with Crippen molar-refractivity contribution >= 4 is 39.8 Å². The predicted octanol–water partition coefficient (Wildman–Crippen LogP) is 3.64. The molecule has 9 heteroatoms. The molecule has 0 fully saturated rings. The van der Waals surface area contributed by atoms with Crippen molar-refractivity contribution in [1.29, 1.82) is 0 Å². The van der Waals surface area contributed by atoms with E-state index in [2.05, 4.69) is 9.97 Å². The number of rotatable bonds is 7. The van der Waals surface area contributed by atoms with Crippen LogP contribution in [-0.2, 0) is 22.5 Å². The van der Waals surface area contributed by atoms with Crippen molar-refractivity contribution in [3.05, 3.63) is 85.5 Å². The summed E-state index contributed by atoms with van der Waals surface area (Å²) in [6, 6.07) is 14.2. The number of hydrogen-bond acceptors (Lipinski definition) is 6. The number of halogens is 1. The van der Waals surface area contributed by atoms with E-state index in [1.54, 1.807) is 35.7 Å². The third-order valence-corrected chi connectivity index (χ3v) is 5.91. The third-order valence-electron chi connectivity index (χ3n) is 4.66. The number of carbonyl (C=O) groups is 1. The molecule has 0 atom stereocenters. The average Bonchev–Trinajstić information content (AvgIpc) is 3.21. The Bertz CT molecular complexity index is 1360. The maximum absolute atomic E-state index is 12.5. The first kappa shape index (κ1) is 21.0. The summed E-state index contributed by atoms with van der Waals surface area (Å²) in [6.45, 7) is 0.249. The fourth-order valence-electron chi connectivity index (χ4n) is 3.16. The molecule has 4 aromatic rings. The molecule has 0 aliphatic carbocycles. The van der Waals surface area contributed by atoms with Crippen LogP contribution < -0.4 is 11.2 Å². The second-order valence-corrected chi connectivity index (χ2v) is 8.07. The molecule has 0 aliphatic rings. The largest absolute Gasteiger partial charge is 0.465 e. The molecule has 0 spiro atoms. The summed E-state index contributed by atoms with van der Waals surface area (Å²) in [5.41, 5.74) is 1.08. The fraction of sp³-hybridized carbons (Fsp3) is 0.182. The summed E-state index contributed by atoms with van der Waals surface area (Å²) in [7, 11) is 0. The topological polar surface area (TPSA) is 94.0 Å². The molecule has 2 aromatic heterocycles. The third kappa shape index (κ3) is 4.76. The lowest BCUT2D eigenvalue weighted by Gasteiger charge is -2.07. The normalized spacial score (nSPS) is 11.0. The zero-order chi connectivity index (χ0) is 21.8. The molecule has 1 N–H and O–H groups in total. The molecule has 0 amide bonds. The highest BCUT2D eigenvalue weighted by Crippen LogP contribution is 2.30. The van der Waals surface area contributed by atoms with Gasteiger partial charge in [-0.2, -0.15) is 0 Å². The van der Waals surface area contributed by atoms with Crippen LogP contribution in [0.1, 0.15) is 12.1 Å². The minimum Gasteiger partial charge on any atom is -0.465 e. The van der Waals surface area contributed by atoms with E-state index in [1.165, 1.54) is 11.3 Å². The van der Waals surface area contributed by atoms with Gasteiger partial charge in [0.05, 0.1) is 34.6 Å². The van der Waals surface area contributed by atoms with E-state index >= 15 is 0 Å². The van der Waals surface area contributed by atoms with Gasteiger partial charge in [0.1, 0.15) is 5.01 Å². The van der Waals surface area contributed by atoms with E-state index < -0.39 is 11.7 Å². The summed E-state index contributed by atoms with van der Waals surface area (Å²) in [6.07, 6.45) is 0.381. The molecule has 0 aliphatic heterocycles. The molecular weight excluding hydrogens is 438 g/mol. The Morgan fingerprint density at radius 1 is 1.13 bits per heavy atom. The van der Waals surface area contributed by atoms with Gasteiger partial charge in [0.2, 0.25) is 0 Å². The van der Waals surface area contributed by atoms with Gasteiger partial charge in [0.25, 0.3) is 5.56 Å². The molecule has 0 radical (unpaired) electrons. The van der Waals surface area contributed by atoms with Gasteiger partial charge >= 0.3 is 11.7 Å². The molecule has 158 valence electrons. The molecule has 2 aromatic carbocycles. The van der Waals surface area contributed by atoms with E-state index in [0.29, 0.717) is 28.0 Å². The number of H-pyrrole nitrogens is 1. The molecule has 4 rings (SSSR count). The molecule has 31 heavy (non-hydrogen) atoms. The molecule has 0 unspecified atom stereocenters. The number of fused-ring (bicyclic) bond motifs is 1.